The fraction of sp³-hybridized carbons (Fsp3) is 0.625. The summed E-state index contributed by atoms with van der Waals surface area (Å²) >= 11 is 0. The Hall–Kier alpha value is -1.13. The van der Waals surface area contributed by atoms with Gasteiger partial charge in [-0.1, -0.05) is 19.9 Å². The minimum atomic E-state index is -0.144. The summed E-state index contributed by atoms with van der Waals surface area (Å²) in [7, 11) is 2.01. The molecule has 0 spiro atoms. The van der Waals surface area contributed by atoms with Gasteiger partial charge in [0, 0.05) is 44.0 Å². The third kappa shape index (κ3) is 3.93. The van der Waals surface area contributed by atoms with Gasteiger partial charge in [-0.2, -0.15) is 0 Å². The van der Waals surface area contributed by atoms with Crippen molar-refractivity contribution in [1.82, 2.24) is 5.32 Å². The quantitative estimate of drug-likeness (QED) is 0.867. The highest BCUT2D eigenvalue weighted by Gasteiger charge is 2.19. The second-order valence-corrected chi connectivity index (χ2v) is 5.79. The lowest BCUT2D eigenvalue weighted by Crippen LogP contribution is -2.31. The van der Waals surface area contributed by atoms with Crippen molar-refractivity contribution in [3.05, 3.63) is 29.6 Å². The molecule has 1 aliphatic rings. The Kier molecular flexibility index (Phi) is 5.38. The second-order valence-electron chi connectivity index (χ2n) is 5.79. The number of nitrogens with zero attached hydrogens (tertiary/aromatic N) is 1. The van der Waals surface area contributed by atoms with Gasteiger partial charge >= 0.3 is 0 Å². The van der Waals surface area contributed by atoms with Gasteiger partial charge in [0.2, 0.25) is 0 Å². The summed E-state index contributed by atoms with van der Waals surface area (Å²) in [6, 6.07) is 5.62. The average Bonchev–Trinajstić information content (AvgIpc) is 2.89. The minimum absolute atomic E-state index is 0.144. The lowest BCUT2D eigenvalue weighted by molar-refractivity contribution is 0.116. The van der Waals surface area contributed by atoms with E-state index in [0.717, 1.165) is 37.2 Å². The van der Waals surface area contributed by atoms with Crippen LogP contribution in [0.1, 0.15) is 32.3 Å². The van der Waals surface area contributed by atoms with E-state index in [4.69, 9.17) is 4.74 Å². The largest absolute Gasteiger partial charge is 0.376 e. The second kappa shape index (κ2) is 7.04. The molecule has 4 heteroatoms. The van der Waals surface area contributed by atoms with Crippen LogP contribution in [0.5, 0.6) is 0 Å². The molecule has 112 valence electrons. The van der Waals surface area contributed by atoms with Crippen molar-refractivity contribution in [2.75, 3.05) is 25.1 Å². The van der Waals surface area contributed by atoms with E-state index in [2.05, 4.69) is 24.1 Å². The zero-order chi connectivity index (χ0) is 14.5. The van der Waals surface area contributed by atoms with Crippen molar-refractivity contribution < 1.29 is 9.13 Å². The molecule has 1 N–H and O–H groups in total. The molecule has 1 unspecified atom stereocenters. The minimum Gasteiger partial charge on any atom is -0.376 e. The van der Waals surface area contributed by atoms with Crippen molar-refractivity contribution in [2.45, 2.75) is 45.4 Å². The SMILES string of the molecule is CC(C)NCc1c(F)cccc1N(C)CC1CCCO1. The molecule has 0 saturated carbocycles. The van der Waals surface area contributed by atoms with Gasteiger partial charge in [0.05, 0.1) is 6.10 Å². The van der Waals surface area contributed by atoms with Crippen molar-refractivity contribution in [1.29, 1.82) is 0 Å². The first-order valence-electron chi connectivity index (χ1n) is 7.41. The molecule has 1 aromatic rings. The van der Waals surface area contributed by atoms with Crippen LogP contribution in [0.15, 0.2) is 18.2 Å². The van der Waals surface area contributed by atoms with Crippen LogP contribution in [-0.2, 0) is 11.3 Å². The molecule has 2 rings (SSSR count). The zero-order valence-corrected chi connectivity index (χ0v) is 12.7. The number of anilines is 1. The van der Waals surface area contributed by atoms with E-state index in [1.54, 1.807) is 6.07 Å². The Labute approximate surface area is 121 Å². The molecule has 1 fully saturated rings. The summed E-state index contributed by atoms with van der Waals surface area (Å²) in [6.45, 7) is 6.35. The fourth-order valence-corrected chi connectivity index (χ4v) is 2.58. The summed E-state index contributed by atoms with van der Waals surface area (Å²) in [5.74, 6) is -0.144. The maximum absolute atomic E-state index is 14.1. The highest BCUT2D eigenvalue weighted by molar-refractivity contribution is 5.53. The van der Waals surface area contributed by atoms with E-state index in [1.165, 1.54) is 6.07 Å². The molecule has 1 aromatic carbocycles. The van der Waals surface area contributed by atoms with Crippen LogP contribution in [0.2, 0.25) is 0 Å². The van der Waals surface area contributed by atoms with Gasteiger partial charge in [0.1, 0.15) is 5.82 Å². The molecular formula is C16H25FN2O. The van der Waals surface area contributed by atoms with Crippen molar-refractivity contribution in [3.8, 4) is 0 Å². The number of likely N-dealkylation sites (N-methyl/N-ethyl adjacent to an activating group) is 1. The van der Waals surface area contributed by atoms with E-state index < -0.39 is 0 Å². The molecule has 0 bridgehead atoms. The maximum Gasteiger partial charge on any atom is 0.129 e. The Bertz CT molecular complexity index is 430. The Morgan fingerprint density at radius 1 is 1.45 bits per heavy atom. The topological polar surface area (TPSA) is 24.5 Å². The normalized spacial score (nSPS) is 18.8. The highest BCUT2D eigenvalue weighted by Crippen LogP contribution is 2.24. The molecule has 1 aliphatic heterocycles. The molecule has 3 nitrogen and oxygen atoms in total. The highest BCUT2D eigenvalue weighted by atomic mass is 19.1. The molecule has 0 aliphatic carbocycles. The number of hydrogen-bond acceptors (Lipinski definition) is 3. The maximum atomic E-state index is 14.1. The lowest BCUT2D eigenvalue weighted by atomic mass is 10.1. The summed E-state index contributed by atoms with van der Waals surface area (Å²) in [4.78, 5) is 2.11. The lowest BCUT2D eigenvalue weighted by Gasteiger charge is -2.26. The first-order chi connectivity index (χ1) is 9.58. The summed E-state index contributed by atoms with van der Waals surface area (Å²) < 4.78 is 19.7. The van der Waals surface area contributed by atoms with E-state index in [-0.39, 0.29) is 11.9 Å². The van der Waals surface area contributed by atoms with Gasteiger partial charge in [-0.15, -0.1) is 0 Å². The first kappa shape index (κ1) is 15.3. The number of benzene rings is 1. The number of rotatable bonds is 6. The third-order valence-corrected chi connectivity index (χ3v) is 3.69. The van der Waals surface area contributed by atoms with Crippen LogP contribution < -0.4 is 10.2 Å². The van der Waals surface area contributed by atoms with E-state index in [1.807, 2.05) is 13.1 Å². The van der Waals surface area contributed by atoms with Gasteiger partial charge in [0.25, 0.3) is 0 Å². The van der Waals surface area contributed by atoms with Crippen LogP contribution in [-0.4, -0.2) is 32.3 Å². The van der Waals surface area contributed by atoms with Crippen LogP contribution in [0.3, 0.4) is 0 Å². The monoisotopic (exact) mass is 280 g/mol. The van der Waals surface area contributed by atoms with Crippen molar-refractivity contribution in [2.24, 2.45) is 0 Å². The summed E-state index contributed by atoms with van der Waals surface area (Å²) in [5.41, 5.74) is 1.69. The standard InChI is InChI=1S/C16H25FN2O/c1-12(2)18-10-14-15(17)7-4-8-16(14)19(3)11-13-6-5-9-20-13/h4,7-8,12-13,18H,5-6,9-11H2,1-3H3. The smallest absolute Gasteiger partial charge is 0.129 e. The number of halogens is 1. The number of nitrogens with one attached hydrogen (secondary N) is 1. The van der Waals surface area contributed by atoms with Gasteiger partial charge < -0.3 is 15.0 Å². The molecule has 0 aromatic heterocycles. The fourth-order valence-electron chi connectivity index (χ4n) is 2.58. The molecule has 1 saturated heterocycles. The van der Waals surface area contributed by atoms with Crippen LogP contribution in [0, 0.1) is 5.82 Å². The molecule has 0 amide bonds. The van der Waals surface area contributed by atoms with E-state index in [0.29, 0.717) is 12.6 Å². The molecule has 1 heterocycles. The first-order valence-corrected chi connectivity index (χ1v) is 7.41. The summed E-state index contributed by atoms with van der Waals surface area (Å²) in [5, 5.41) is 3.29. The predicted molar refractivity (Wildman–Crippen MR) is 80.6 cm³/mol. The third-order valence-electron chi connectivity index (χ3n) is 3.69. The summed E-state index contributed by atoms with van der Waals surface area (Å²) in [6.07, 6.45) is 2.50. The Morgan fingerprint density at radius 3 is 2.90 bits per heavy atom. The van der Waals surface area contributed by atoms with Crippen LogP contribution >= 0.6 is 0 Å². The molecule has 1 atom stereocenters. The number of hydrogen-bond donors (Lipinski definition) is 1. The Morgan fingerprint density at radius 2 is 2.25 bits per heavy atom. The van der Waals surface area contributed by atoms with Gasteiger partial charge in [0.15, 0.2) is 0 Å². The predicted octanol–water partition coefficient (Wildman–Crippen LogP) is 2.94. The molecule has 0 radical (unpaired) electrons. The van der Waals surface area contributed by atoms with Gasteiger partial charge in [-0.05, 0) is 25.0 Å². The van der Waals surface area contributed by atoms with E-state index in [9.17, 15) is 4.39 Å². The van der Waals surface area contributed by atoms with E-state index >= 15 is 0 Å². The number of ether oxygens (including phenoxy) is 1. The molecular weight excluding hydrogens is 255 g/mol. The van der Waals surface area contributed by atoms with Gasteiger partial charge in [-0.3, -0.25) is 0 Å². The van der Waals surface area contributed by atoms with Gasteiger partial charge in [-0.25, -0.2) is 4.39 Å². The van der Waals surface area contributed by atoms with Crippen LogP contribution in [0.25, 0.3) is 0 Å². The van der Waals surface area contributed by atoms with Crippen molar-refractivity contribution in [3.63, 3.8) is 0 Å². The van der Waals surface area contributed by atoms with Crippen molar-refractivity contribution >= 4 is 5.69 Å². The molecule has 20 heavy (non-hydrogen) atoms. The Balaban J connectivity index is 2.10. The zero-order valence-electron chi connectivity index (χ0n) is 12.7. The average molecular weight is 280 g/mol. The van der Waals surface area contributed by atoms with Crippen LogP contribution in [0.4, 0.5) is 10.1 Å².